The molecule has 1 unspecified atom stereocenters. The van der Waals surface area contributed by atoms with E-state index in [1.807, 2.05) is 49.4 Å². The molecule has 1 heterocycles. The summed E-state index contributed by atoms with van der Waals surface area (Å²) in [6, 6.07) is 20.3. The number of anilines is 1. The second-order valence-corrected chi connectivity index (χ2v) is 8.67. The molecule has 3 aromatic rings. The first-order chi connectivity index (χ1) is 16.0. The smallest absolute Gasteiger partial charge is 0.241 e. The fourth-order valence-corrected chi connectivity index (χ4v) is 4.39. The van der Waals surface area contributed by atoms with Gasteiger partial charge in [-0.1, -0.05) is 48.5 Å². The monoisotopic (exact) mass is 447 g/mol. The molecule has 0 saturated carbocycles. The van der Waals surface area contributed by atoms with E-state index in [9.17, 15) is 14.0 Å². The number of rotatable bonds is 7. The standard InChI is InChI=1S/C27H30FN3O2/c1-19(26(32)30-24-11-10-20-6-2-3-8-23(20)18-24)31-16-13-22(14-17-31)27(33)29-15-12-21-7-4-5-9-25(21)28/h2-11,18-19,22H,12-17H2,1H3,(H,29,33)(H,30,32). The summed E-state index contributed by atoms with van der Waals surface area (Å²) < 4.78 is 13.7. The Morgan fingerprint density at radius 3 is 2.45 bits per heavy atom. The summed E-state index contributed by atoms with van der Waals surface area (Å²) in [4.78, 5) is 27.5. The van der Waals surface area contributed by atoms with E-state index in [1.54, 1.807) is 18.2 Å². The number of nitrogens with one attached hydrogen (secondary N) is 2. The zero-order valence-corrected chi connectivity index (χ0v) is 18.9. The predicted molar refractivity (Wildman–Crippen MR) is 129 cm³/mol. The highest BCUT2D eigenvalue weighted by Gasteiger charge is 2.29. The van der Waals surface area contributed by atoms with Crippen LogP contribution >= 0.6 is 0 Å². The second kappa shape index (κ2) is 10.6. The lowest BCUT2D eigenvalue weighted by atomic mass is 9.94. The quantitative estimate of drug-likeness (QED) is 0.565. The summed E-state index contributed by atoms with van der Waals surface area (Å²) in [5, 5.41) is 8.19. The van der Waals surface area contributed by atoms with Gasteiger partial charge in [0, 0.05) is 18.2 Å². The molecule has 172 valence electrons. The largest absolute Gasteiger partial charge is 0.356 e. The molecule has 0 bridgehead atoms. The minimum absolute atomic E-state index is 0.0132. The first kappa shape index (κ1) is 22.9. The molecule has 1 fully saturated rings. The van der Waals surface area contributed by atoms with Gasteiger partial charge in [-0.2, -0.15) is 0 Å². The van der Waals surface area contributed by atoms with Crippen LogP contribution in [0.2, 0.25) is 0 Å². The molecule has 3 aromatic carbocycles. The Hall–Kier alpha value is -3.25. The van der Waals surface area contributed by atoms with E-state index in [0.717, 1.165) is 16.5 Å². The summed E-state index contributed by atoms with van der Waals surface area (Å²) in [6.45, 7) is 3.71. The maximum Gasteiger partial charge on any atom is 0.241 e. The lowest BCUT2D eigenvalue weighted by Crippen LogP contribution is -2.48. The average molecular weight is 448 g/mol. The Labute approximate surface area is 194 Å². The summed E-state index contributed by atoms with van der Waals surface area (Å²) >= 11 is 0. The molecule has 0 aliphatic carbocycles. The minimum Gasteiger partial charge on any atom is -0.356 e. The fourth-order valence-electron chi connectivity index (χ4n) is 4.39. The summed E-state index contributed by atoms with van der Waals surface area (Å²) in [6.07, 6.45) is 1.89. The zero-order chi connectivity index (χ0) is 23.2. The third kappa shape index (κ3) is 5.76. The van der Waals surface area contributed by atoms with Crippen molar-refractivity contribution in [3.05, 3.63) is 78.1 Å². The summed E-state index contributed by atoms with van der Waals surface area (Å²) in [7, 11) is 0. The van der Waals surface area contributed by atoms with Crippen molar-refractivity contribution in [1.82, 2.24) is 10.2 Å². The zero-order valence-electron chi connectivity index (χ0n) is 18.9. The van der Waals surface area contributed by atoms with Gasteiger partial charge in [0.25, 0.3) is 0 Å². The molecule has 0 spiro atoms. The highest BCUT2D eigenvalue weighted by molar-refractivity contribution is 5.97. The van der Waals surface area contributed by atoms with Gasteiger partial charge in [0.05, 0.1) is 6.04 Å². The average Bonchev–Trinajstić information content (AvgIpc) is 2.84. The molecular weight excluding hydrogens is 417 g/mol. The van der Waals surface area contributed by atoms with Crippen molar-refractivity contribution in [1.29, 1.82) is 0 Å². The van der Waals surface area contributed by atoms with Crippen LogP contribution in [0.4, 0.5) is 10.1 Å². The molecular formula is C27H30FN3O2. The van der Waals surface area contributed by atoms with Gasteiger partial charge in [-0.25, -0.2) is 4.39 Å². The number of hydrogen-bond donors (Lipinski definition) is 2. The lowest BCUT2D eigenvalue weighted by Gasteiger charge is -2.34. The lowest BCUT2D eigenvalue weighted by molar-refractivity contribution is -0.127. The summed E-state index contributed by atoms with van der Waals surface area (Å²) in [5.41, 5.74) is 1.40. The number of piperidine rings is 1. The van der Waals surface area contributed by atoms with E-state index in [-0.39, 0.29) is 29.6 Å². The van der Waals surface area contributed by atoms with Gasteiger partial charge in [-0.3, -0.25) is 14.5 Å². The Bertz CT molecular complexity index is 1130. The molecule has 1 aliphatic rings. The minimum atomic E-state index is -0.276. The van der Waals surface area contributed by atoms with E-state index >= 15 is 0 Å². The number of nitrogens with zero attached hydrogens (tertiary/aromatic N) is 1. The summed E-state index contributed by atoms with van der Waals surface area (Å²) in [5.74, 6) is -0.342. The topological polar surface area (TPSA) is 61.4 Å². The van der Waals surface area contributed by atoms with Crippen molar-refractivity contribution in [3.63, 3.8) is 0 Å². The van der Waals surface area contributed by atoms with E-state index in [4.69, 9.17) is 0 Å². The molecule has 0 aromatic heterocycles. The van der Waals surface area contributed by atoms with Gasteiger partial charge >= 0.3 is 0 Å². The number of carbonyl (C=O) groups is 2. The first-order valence-electron chi connectivity index (χ1n) is 11.6. The van der Waals surface area contributed by atoms with E-state index < -0.39 is 0 Å². The number of amides is 2. The van der Waals surface area contributed by atoms with Gasteiger partial charge in [-0.05, 0) is 73.8 Å². The third-order valence-electron chi connectivity index (χ3n) is 6.50. The van der Waals surface area contributed by atoms with Crippen molar-refractivity contribution in [2.75, 3.05) is 25.0 Å². The molecule has 2 N–H and O–H groups in total. The fraction of sp³-hybridized carbons (Fsp3) is 0.333. The molecule has 1 atom stereocenters. The molecule has 33 heavy (non-hydrogen) atoms. The van der Waals surface area contributed by atoms with E-state index in [2.05, 4.69) is 15.5 Å². The maximum absolute atomic E-state index is 13.7. The van der Waals surface area contributed by atoms with Crippen molar-refractivity contribution in [3.8, 4) is 0 Å². The Morgan fingerprint density at radius 1 is 1.00 bits per heavy atom. The van der Waals surface area contributed by atoms with Crippen molar-refractivity contribution in [2.45, 2.75) is 32.2 Å². The van der Waals surface area contributed by atoms with Crippen LogP contribution in [-0.4, -0.2) is 42.4 Å². The van der Waals surface area contributed by atoms with Gasteiger partial charge in [0.1, 0.15) is 5.82 Å². The third-order valence-corrected chi connectivity index (χ3v) is 6.50. The van der Waals surface area contributed by atoms with Crippen LogP contribution in [0, 0.1) is 11.7 Å². The Kier molecular flexibility index (Phi) is 7.35. The molecule has 5 nitrogen and oxygen atoms in total. The van der Waals surface area contributed by atoms with Gasteiger partial charge in [0.15, 0.2) is 0 Å². The molecule has 1 aliphatic heterocycles. The van der Waals surface area contributed by atoms with Crippen molar-refractivity contribution >= 4 is 28.3 Å². The van der Waals surface area contributed by atoms with Crippen LogP contribution in [0.1, 0.15) is 25.3 Å². The molecule has 4 rings (SSSR count). The van der Waals surface area contributed by atoms with E-state index in [0.29, 0.717) is 44.5 Å². The van der Waals surface area contributed by atoms with E-state index in [1.165, 1.54) is 6.07 Å². The number of halogens is 1. The Morgan fingerprint density at radius 2 is 1.70 bits per heavy atom. The Balaban J connectivity index is 1.23. The first-order valence-corrected chi connectivity index (χ1v) is 11.6. The molecule has 6 heteroatoms. The SMILES string of the molecule is CC(C(=O)Nc1ccc2ccccc2c1)N1CCC(C(=O)NCCc2ccccc2F)CC1. The van der Waals surface area contributed by atoms with Crippen LogP contribution in [-0.2, 0) is 16.0 Å². The van der Waals surface area contributed by atoms with Crippen LogP contribution in [0.15, 0.2) is 66.7 Å². The predicted octanol–water partition coefficient (Wildman–Crippen LogP) is 4.38. The highest BCUT2D eigenvalue weighted by Crippen LogP contribution is 2.22. The number of benzene rings is 3. The maximum atomic E-state index is 13.7. The van der Waals surface area contributed by atoms with Crippen LogP contribution in [0.25, 0.3) is 10.8 Å². The number of fused-ring (bicyclic) bond motifs is 1. The van der Waals surface area contributed by atoms with Gasteiger partial charge in [0.2, 0.25) is 11.8 Å². The van der Waals surface area contributed by atoms with Crippen LogP contribution in [0.3, 0.4) is 0 Å². The highest BCUT2D eigenvalue weighted by atomic mass is 19.1. The van der Waals surface area contributed by atoms with Gasteiger partial charge in [-0.15, -0.1) is 0 Å². The molecule has 2 amide bonds. The molecule has 1 saturated heterocycles. The second-order valence-electron chi connectivity index (χ2n) is 8.67. The normalized spacial score (nSPS) is 15.8. The van der Waals surface area contributed by atoms with Crippen molar-refractivity contribution < 1.29 is 14.0 Å². The van der Waals surface area contributed by atoms with Crippen LogP contribution in [0.5, 0.6) is 0 Å². The van der Waals surface area contributed by atoms with Crippen LogP contribution < -0.4 is 10.6 Å². The number of likely N-dealkylation sites (tertiary alicyclic amines) is 1. The number of carbonyl (C=O) groups excluding carboxylic acids is 2. The molecule has 0 radical (unpaired) electrons. The van der Waals surface area contributed by atoms with Crippen molar-refractivity contribution in [2.24, 2.45) is 5.92 Å². The number of hydrogen-bond acceptors (Lipinski definition) is 3. The van der Waals surface area contributed by atoms with Gasteiger partial charge < -0.3 is 10.6 Å².